The van der Waals surface area contributed by atoms with Crippen LogP contribution in [-0.2, 0) is 6.42 Å². The first kappa shape index (κ1) is 12.7. The van der Waals surface area contributed by atoms with Gasteiger partial charge in [0.1, 0.15) is 0 Å². The molecule has 0 aliphatic heterocycles. The molecule has 1 aromatic carbocycles. The molecule has 2 aromatic heterocycles. The number of fused-ring (bicyclic) bond motifs is 1. The van der Waals surface area contributed by atoms with Crippen LogP contribution in [0.4, 0.5) is 0 Å². The molecule has 0 spiro atoms. The van der Waals surface area contributed by atoms with E-state index in [-0.39, 0.29) is 6.04 Å². The van der Waals surface area contributed by atoms with Gasteiger partial charge in [-0.15, -0.1) is 11.3 Å². The van der Waals surface area contributed by atoms with Crippen LogP contribution in [0.2, 0.25) is 0 Å². The number of hydrogen-bond acceptors (Lipinski definition) is 4. The molecular formula is C14H12BrN3S. The summed E-state index contributed by atoms with van der Waals surface area (Å²) in [7, 11) is 0. The zero-order valence-corrected chi connectivity index (χ0v) is 12.5. The van der Waals surface area contributed by atoms with Crippen LogP contribution < -0.4 is 5.73 Å². The van der Waals surface area contributed by atoms with E-state index in [0.29, 0.717) is 0 Å². The smallest absolute Gasteiger partial charge is 0.0890 e. The third-order valence-corrected chi connectivity index (χ3v) is 4.61. The quantitative estimate of drug-likeness (QED) is 0.795. The van der Waals surface area contributed by atoms with E-state index in [1.165, 1.54) is 4.88 Å². The third-order valence-electron chi connectivity index (χ3n) is 2.89. The number of hydrogen-bond donors (Lipinski definition) is 1. The Morgan fingerprint density at radius 3 is 2.79 bits per heavy atom. The van der Waals surface area contributed by atoms with Crippen molar-refractivity contribution in [1.29, 1.82) is 0 Å². The zero-order valence-electron chi connectivity index (χ0n) is 10.1. The van der Waals surface area contributed by atoms with E-state index in [1.807, 2.05) is 24.3 Å². The van der Waals surface area contributed by atoms with Crippen LogP contribution >= 0.6 is 27.3 Å². The molecule has 2 heterocycles. The van der Waals surface area contributed by atoms with Crippen LogP contribution in [-0.4, -0.2) is 9.97 Å². The number of halogens is 1. The van der Waals surface area contributed by atoms with Crippen molar-refractivity contribution < 1.29 is 0 Å². The second-order valence-electron chi connectivity index (χ2n) is 4.33. The molecule has 3 aromatic rings. The fourth-order valence-electron chi connectivity index (χ4n) is 1.93. The Hall–Kier alpha value is -1.30. The molecule has 1 unspecified atom stereocenters. The predicted molar refractivity (Wildman–Crippen MR) is 82.2 cm³/mol. The van der Waals surface area contributed by atoms with Gasteiger partial charge >= 0.3 is 0 Å². The number of thiophene rings is 1. The molecule has 0 radical (unpaired) electrons. The van der Waals surface area contributed by atoms with Gasteiger partial charge < -0.3 is 5.73 Å². The third kappa shape index (κ3) is 2.83. The lowest BCUT2D eigenvalue weighted by Gasteiger charge is -2.10. The van der Waals surface area contributed by atoms with Gasteiger partial charge in [0.15, 0.2) is 0 Å². The van der Waals surface area contributed by atoms with E-state index in [1.54, 1.807) is 17.5 Å². The van der Waals surface area contributed by atoms with E-state index in [4.69, 9.17) is 5.73 Å². The molecule has 0 bridgehead atoms. The number of rotatable bonds is 3. The molecule has 5 heteroatoms. The van der Waals surface area contributed by atoms with Crippen LogP contribution in [0.1, 0.15) is 16.6 Å². The van der Waals surface area contributed by atoms with E-state index in [0.717, 1.165) is 27.6 Å². The molecule has 19 heavy (non-hydrogen) atoms. The van der Waals surface area contributed by atoms with Crippen LogP contribution in [0.25, 0.3) is 11.0 Å². The number of benzene rings is 1. The molecule has 96 valence electrons. The molecular weight excluding hydrogens is 322 g/mol. The highest BCUT2D eigenvalue weighted by Gasteiger charge is 2.11. The Morgan fingerprint density at radius 1 is 1.26 bits per heavy atom. The number of para-hydroxylation sites is 2. The predicted octanol–water partition coefficient (Wildman–Crippen LogP) is 3.70. The summed E-state index contributed by atoms with van der Waals surface area (Å²) in [6, 6.07) is 9.80. The highest BCUT2D eigenvalue weighted by Crippen LogP contribution is 2.24. The van der Waals surface area contributed by atoms with E-state index < -0.39 is 0 Å². The Labute approximate surface area is 123 Å². The van der Waals surface area contributed by atoms with Gasteiger partial charge in [-0.3, -0.25) is 4.98 Å². The Kier molecular flexibility index (Phi) is 3.59. The van der Waals surface area contributed by atoms with Crippen LogP contribution in [0.3, 0.4) is 0 Å². The van der Waals surface area contributed by atoms with Gasteiger partial charge in [0.25, 0.3) is 0 Å². The SMILES string of the molecule is NC(Cc1cc(Br)cs1)c1cnc2ccccc2n1. The van der Waals surface area contributed by atoms with E-state index in [9.17, 15) is 0 Å². The molecule has 2 N–H and O–H groups in total. The maximum Gasteiger partial charge on any atom is 0.0890 e. The average Bonchev–Trinajstić information content (AvgIpc) is 2.83. The second-order valence-corrected chi connectivity index (χ2v) is 6.24. The van der Waals surface area contributed by atoms with Crippen molar-refractivity contribution >= 4 is 38.3 Å². The molecule has 0 aliphatic rings. The van der Waals surface area contributed by atoms with Crippen molar-refractivity contribution in [3.8, 4) is 0 Å². The van der Waals surface area contributed by atoms with Crippen molar-refractivity contribution in [3.05, 3.63) is 57.0 Å². The molecule has 0 saturated carbocycles. The van der Waals surface area contributed by atoms with Gasteiger partial charge in [0, 0.05) is 21.2 Å². The number of aromatic nitrogens is 2. The fraction of sp³-hybridized carbons (Fsp3) is 0.143. The van der Waals surface area contributed by atoms with Crippen LogP contribution in [0.5, 0.6) is 0 Å². The second kappa shape index (κ2) is 5.36. The lowest BCUT2D eigenvalue weighted by molar-refractivity contribution is 0.703. The van der Waals surface area contributed by atoms with Gasteiger partial charge in [0.2, 0.25) is 0 Å². The fourth-order valence-corrected chi connectivity index (χ4v) is 3.44. The summed E-state index contributed by atoms with van der Waals surface area (Å²) in [5.74, 6) is 0. The lowest BCUT2D eigenvalue weighted by atomic mass is 10.1. The summed E-state index contributed by atoms with van der Waals surface area (Å²) in [5, 5.41) is 2.06. The Morgan fingerprint density at radius 2 is 2.05 bits per heavy atom. The standard InChI is InChI=1S/C14H12BrN3S/c15-9-5-10(19-8-9)6-11(16)14-7-17-12-3-1-2-4-13(12)18-14/h1-5,7-8,11H,6,16H2. The minimum absolute atomic E-state index is 0.123. The van der Waals surface area contributed by atoms with Crippen LogP contribution in [0.15, 0.2) is 46.4 Å². The molecule has 1 atom stereocenters. The first-order valence-corrected chi connectivity index (χ1v) is 7.60. The van der Waals surface area contributed by atoms with Gasteiger partial charge in [-0.25, -0.2) is 4.98 Å². The van der Waals surface area contributed by atoms with Gasteiger partial charge in [-0.1, -0.05) is 12.1 Å². The molecule has 0 amide bonds. The highest BCUT2D eigenvalue weighted by atomic mass is 79.9. The zero-order chi connectivity index (χ0) is 13.2. The Balaban J connectivity index is 1.86. The first-order chi connectivity index (χ1) is 9.22. The summed E-state index contributed by atoms with van der Waals surface area (Å²) in [6.45, 7) is 0. The summed E-state index contributed by atoms with van der Waals surface area (Å²) in [4.78, 5) is 10.2. The Bertz CT molecular complexity index is 710. The average molecular weight is 334 g/mol. The molecule has 0 aliphatic carbocycles. The maximum absolute atomic E-state index is 6.22. The van der Waals surface area contributed by atoms with Crippen molar-refractivity contribution in [2.75, 3.05) is 0 Å². The summed E-state index contributed by atoms with van der Waals surface area (Å²) in [5.41, 5.74) is 8.84. The summed E-state index contributed by atoms with van der Waals surface area (Å²) < 4.78 is 1.10. The van der Waals surface area contributed by atoms with Gasteiger partial charge in [-0.05, 0) is 34.1 Å². The molecule has 0 saturated heterocycles. The molecule has 3 nitrogen and oxygen atoms in total. The van der Waals surface area contributed by atoms with Crippen molar-refractivity contribution in [3.63, 3.8) is 0 Å². The number of nitrogens with zero attached hydrogens (tertiary/aromatic N) is 2. The van der Waals surface area contributed by atoms with Gasteiger partial charge in [0.05, 0.1) is 29.0 Å². The minimum Gasteiger partial charge on any atom is -0.322 e. The topological polar surface area (TPSA) is 51.8 Å². The summed E-state index contributed by atoms with van der Waals surface area (Å²) >= 11 is 5.15. The largest absolute Gasteiger partial charge is 0.322 e. The normalized spacial score (nSPS) is 12.7. The van der Waals surface area contributed by atoms with E-state index in [2.05, 4.69) is 37.3 Å². The lowest BCUT2D eigenvalue weighted by Crippen LogP contribution is -2.14. The highest BCUT2D eigenvalue weighted by molar-refractivity contribution is 9.10. The van der Waals surface area contributed by atoms with Crippen molar-refractivity contribution in [2.24, 2.45) is 5.73 Å². The van der Waals surface area contributed by atoms with Crippen molar-refractivity contribution in [1.82, 2.24) is 9.97 Å². The van der Waals surface area contributed by atoms with E-state index >= 15 is 0 Å². The van der Waals surface area contributed by atoms with Crippen LogP contribution in [0, 0.1) is 0 Å². The monoisotopic (exact) mass is 333 g/mol. The molecule has 0 fully saturated rings. The first-order valence-electron chi connectivity index (χ1n) is 5.92. The van der Waals surface area contributed by atoms with Gasteiger partial charge in [-0.2, -0.15) is 0 Å². The minimum atomic E-state index is -0.123. The maximum atomic E-state index is 6.22. The van der Waals surface area contributed by atoms with Crippen molar-refractivity contribution in [2.45, 2.75) is 12.5 Å². The molecule has 3 rings (SSSR count). The summed E-state index contributed by atoms with van der Waals surface area (Å²) in [6.07, 6.45) is 2.55. The number of nitrogens with two attached hydrogens (primary N) is 1.